The molecule has 1 heterocycles. The molecule has 0 radical (unpaired) electrons. The molecular formula is C14H23N3O2S. The summed E-state index contributed by atoms with van der Waals surface area (Å²) in [6, 6.07) is 5.55. The van der Waals surface area contributed by atoms with Crippen LogP contribution >= 0.6 is 0 Å². The van der Waals surface area contributed by atoms with Gasteiger partial charge in [0.2, 0.25) is 10.0 Å². The molecule has 0 aliphatic carbocycles. The van der Waals surface area contributed by atoms with Crippen LogP contribution in [0.15, 0.2) is 23.1 Å². The molecule has 1 aromatic rings. The average molecular weight is 297 g/mol. The van der Waals surface area contributed by atoms with E-state index in [1.165, 1.54) is 25.3 Å². The molecule has 20 heavy (non-hydrogen) atoms. The standard InChI is InChI=1S/C14H23N3O2S/c1-2-11-6-4-3-5-9-17(11)12-7-8-14(13(15)10-12)20(16,18)19/h7-8,10-11H,2-6,9,15H2,1H3,(H2,16,18,19). The van der Waals surface area contributed by atoms with E-state index in [0.717, 1.165) is 25.1 Å². The van der Waals surface area contributed by atoms with Gasteiger partial charge in [-0.05, 0) is 37.5 Å². The molecule has 2 rings (SSSR count). The van der Waals surface area contributed by atoms with Crippen molar-refractivity contribution in [3.63, 3.8) is 0 Å². The Bertz CT molecular complexity index is 572. The summed E-state index contributed by atoms with van der Waals surface area (Å²) in [6.45, 7) is 3.18. The zero-order chi connectivity index (χ0) is 14.8. The molecule has 1 fully saturated rings. The minimum Gasteiger partial charge on any atom is -0.398 e. The Hall–Kier alpha value is -1.27. The Balaban J connectivity index is 2.34. The monoisotopic (exact) mass is 297 g/mol. The number of primary sulfonamides is 1. The molecule has 1 aliphatic heterocycles. The molecule has 0 spiro atoms. The molecule has 1 aliphatic rings. The average Bonchev–Trinajstić information content (AvgIpc) is 2.61. The van der Waals surface area contributed by atoms with Gasteiger partial charge in [-0.25, -0.2) is 13.6 Å². The van der Waals surface area contributed by atoms with Crippen molar-refractivity contribution in [1.29, 1.82) is 0 Å². The largest absolute Gasteiger partial charge is 0.398 e. The first-order valence-corrected chi connectivity index (χ1v) is 8.67. The van der Waals surface area contributed by atoms with E-state index >= 15 is 0 Å². The summed E-state index contributed by atoms with van der Waals surface area (Å²) in [4.78, 5) is 2.35. The van der Waals surface area contributed by atoms with Gasteiger partial charge in [-0.1, -0.05) is 19.8 Å². The van der Waals surface area contributed by atoms with Gasteiger partial charge >= 0.3 is 0 Å². The molecule has 0 bridgehead atoms. The molecular weight excluding hydrogens is 274 g/mol. The highest BCUT2D eigenvalue weighted by Crippen LogP contribution is 2.29. The molecule has 1 atom stereocenters. The van der Waals surface area contributed by atoms with E-state index in [1.807, 2.05) is 6.07 Å². The van der Waals surface area contributed by atoms with E-state index in [2.05, 4.69) is 11.8 Å². The van der Waals surface area contributed by atoms with Crippen LogP contribution in [-0.2, 0) is 10.0 Å². The van der Waals surface area contributed by atoms with E-state index in [4.69, 9.17) is 10.9 Å². The number of anilines is 2. The van der Waals surface area contributed by atoms with Crippen molar-refractivity contribution in [2.24, 2.45) is 5.14 Å². The highest BCUT2D eigenvalue weighted by atomic mass is 32.2. The van der Waals surface area contributed by atoms with Gasteiger partial charge in [-0.2, -0.15) is 0 Å². The number of rotatable bonds is 3. The summed E-state index contributed by atoms with van der Waals surface area (Å²) in [7, 11) is -3.75. The second-order valence-electron chi connectivity index (χ2n) is 5.37. The van der Waals surface area contributed by atoms with Gasteiger partial charge in [-0.15, -0.1) is 0 Å². The molecule has 1 aromatic carbocycles. The third-order valence-corrected chi connectivity index (χ3v) is 4.96. The zero-order valence-corrected chi connectivity index (χ0v) is 12.7. The maximum atomic E-state index is 11.4. The molecule has 1 unspecified atom stereocenters. The van der Waals surface area contributed by atoms with Gasteiger partial charge in [0, 0.05) is 18.3 Å². The van der Waals surface area contributed by atoms with Gasteiger partial charge in [0.15, 0.2) is 0 Å². The Morgan fingerprint density at radius 3 is 2.65 bits per heavy atom. The Kier molecular flexibility index (Phi) is 4.55. The lowest BCUT2D eigenvalue weighted by atomic mass is 10.1. The van der Waals surface area contributed by atoms with Crippen LogP contribution in [0.2, 0.25) is 0 Å². The quantitative estimate of drug-likeness (QED) is 0.836. The van der Waals surface area contributed by atoms with Gasteiger partial charge < -0.3 is 10.6 Å². The molecule has 1 saturated heterocycles. The third kappa shape index (κ3) is 3.24. The van der Waals surface area contributed by atoms with E-state index in [9.17, 15) is 8.42 Å². The van der Waals surface area contributed by atoms with Crippen LogP contribution in [0.3, 0.4) is 0 Å². The lowest BCUT2D eigenvalue weighted by molar-refractivity contribution is 0.556. The van der Waals surface area contributed by atoms with Crippen molar-refractivity contribution in [2.45, 2.75) is 50.0 Å². The number of nitrogens with zero attached hydrogens (tertiary/aromatic N) is 1. The summed E-state index contributed by atoms with van der Waals surface area (Å²) in [5, 5.41) is 5.14. The number of benzene rings is 1. The number of sulfonamides is 1. The Morgan fingerprint density at radius 1 is 1.30 bits per heavy atom. The summed E-state index contributed by atoms with van der Waals surface area (Å²) < 4.78 is 22.8. The van der Waals surface area contributed by atoms with Crippen molar-refractivity contribution in [2.75, 3.05) is 17.2 Å². The van der Waals surface area contributed by atoms with E-state index < -0.39 is 10.0 Å². The molecule has 6 heteroatoms. The second-order valence-corrected chi connectivity index (χ2v) is 6.90. The van der Waals surface area contributed by atoms with Crippen LogP contribution in [0.25, 0.3) is 0 Å². The number of nitrogens with two attached hydrogens (primary N) is 2. The van der Waals surface area contributed by atoms with Crippen molar-refractivity contribution in [3.05, 3.63) is 18.2 Å². The number of hydrogen-bond acceptors (Lipinski definition) is 4. The maximum absolute atomic E-state index is 11.4. The molecule has 0 saturated carbocycles. The molecule has 0 amide bonds. The lowest BCUT2D eigenvalue weighted by Crippen LogP contribution is -2.34. The predicted octanol–water partition coefficient (Wildman–Crippen LogP) is 2.08. The minimum atomic E-state index is -3.75. The van der Waals surface area contributed by atoms with E-state index in [1.54, 1.807) is 6.07 Å². The number of hydrogen-bond donors (Lipinski definition) is 2. The van der Waals surface area contributed by atoms with E-state index in [0.29, 0.717) is 6.04 Å². The first-order chi connectivity index (χ1) is 9.43. The first kappa shape index (κ1) is 15.1. The first-order valence-electron chi connectivity index (χ1n) is 7.12. The van der Waals surface area contributed by atoms with Crippen LogP contribution < -0.4 is 15.8 Å². The van der Waals surface area contributed by atoms with Gasteiger partial charge in [0.25, 0.3) is 0 Å². The van der Waals surface area contributed by atoms with Crippen LogP contribution in [0, 0.1) is 0 Å². The Morgan fingerprint density at radius 2 is 2.05 bits per heavy atom. The normalized spacial score (nSPS) is 20.7. The van der Waals surface area contributed by atoms with E-state index in [-0.39, 0.29) is 10.6 Å². The molecule has 0 aromatic heterocycles. The lowest BCUT2D eigenvalue weighted by Gasteiger charge is -2.31. The topological polar surface area (TPSA) is 89.4 Å². The summed E-state index contributed by atoms with van der Waals surface area (Å²) in [5.41, 5.74) is 7.07. The maximum Gasteiger partial charge on any atom is 0.240 e. The SMILES string of the molecule is CCC1CCCCCN1c1ccc(S(N)(=O)=O)c(N)c1. The minimum absolute atomic E-state index is 0.00382. The molecule has 5 nitrogen and oxygen atoms in total. The number of nitrogen functional groups attached to an aromatic ring is 1. The Labute approximate surface area is 121 Å². The highest BCUT2D eigenvalue weighted by molar-refractivity contribution is 7.89. The smallest absolute Gasteiger partial charge is 0.240 e. The predicted molar refractivity (Wildman–Crippen MR) is 82.1 cm³/mol. The van der Waals surface area contributed by atoms with Crippen molar-refractivity contribution < 1.29 is 8.42 Å². The summed E-state index contributed by atoms with van der Waals surface area (Å²) in [5.74, 6) is 0. The zero-order valence-electron chi connectivity index (χ0n) is 11.9. The van der Waals surface area contributed by atoms with Crippen molar-refractivity contribution >= 4 is 21.4 Å². The second kappa shape index (κ2) is 6.01. The van der Waals surface area contributed by atoms with Crippen molar-refractivity contribution in [3.8, 4) is 0 Å². The van der Waals surface area contributed by atoms with Crippen LogP contribution in [0.1, 0.15) is 39.0 Å². The van der Waals surface area contributed by atoms with Gasteiger partial charge in [-0.3, -0.25) is 0 Å². The van der Waals surface area contributed by atoms with Crippen LogP contribution in [-0.4, -0.2) is 21.0 Å². The summed E-state index contributed by atoms with van der Waals surface area (Å²) >= 11 is 0. The fraction of sp³-hybridized carbons (Fsp3) is 0.571. The molecule has 4 N–H and O–H groups in total. The van der Waals surface area contributed by atoms with Crippen LogP contribution in [0.5, 0.6) is 0 Å². The van der Waals surface area contributed by atoms with Crippen molar-refractivity contribution in [1.82, 2.24) is 0 Å². The van der Waals surface area contributed by atoms with Gasteiger partial charge in [0.05, 0.1) is 5.69 Å². The third-order valence-electron chi connectivity index (χ3n) is 3.98. The van der Waals surface area contributed by atoms with Gasteiger partial charge in [0.1, 0.15) is 4.90 Å². The highest BCUT2D eigenvalue weighted by Gasteiger charge is 2.21. The van der Waals surface area contributed by atoms with Crippen LogP contribution in [0.4, 0.5) is 11.4 Å². The summed E-state index contributed by atoms with van der Waals surface area (Å²) in [6.07, 6.45) is 5.91. The fourth-order valence-corrected chi connectivity index (χ4v) is 3.56. The fourth-order valence-electron chi connectivity index (χ4n) is 2.92. The molecule has 112 valence electrons.